The average molecular weight is 192 g/mol. The summed E-state index contributed by atoms with van der Waals surface area (Å²) < 4.78 is 0. The van der Waals surface area contributed by atoms with Crippen LogP contribution < -0.4 is 10.6 Å². The minimum Gasteiger partial charge on any atom is -0.465 e. The van der Waals surface area contributed by atoms with Crippen molar-refractivity contribution in [1.29, 1.82) is 0 Å². The number of rotatable bonds is 0. The predicted octanol–water partition coefficient (Wildman–Crippen LogP) is 1.05. The van der Waals surface area contributed by atoms with Crippen LogP contribution in [0.4, 0.5) is 10.5 Å². The second-order valence-electron chi connectivity index (χ2n) is 3.49. The minimum atomic E-state index is -0.937. The molecule has 1 aromatic rings. The SMILES string of the molecule is NC1Cc2ccccc2N(C(=O)O)C1. The Morgan fingerprint density at radius 2 is 2.21 bits per heavy atom. The molecule has 1 amide bonds. The summed E-state index contributed by atoms with van der Waals surface area (Å²) in [6.45, 7) is 0.381. The molecule has 0 bridgehead atoms. The molecular weight excluding hydrogens is 180 g/mol. The Kier molecular flexibility index (Phi) is 2.13. The van der Waals surface area contributed by atoms with Gasteiger partial charge in [0.25, 0.3) is 0 Å². The number of fused-ring (bicyclic) bond motifs is 1. The van der Waals surface area contributed by atoms with E-state index in [-0.39, 0.29) is 6.04 Å². The third-order valence-corrected chi connectivity index (χ3v) is 2.41. The van der Waals surface area contributed by atoms with Gasteiger partial charge in [-0.25, -0.2) is 4.79 Å². The third-order valence-electron chi connectivity index (χ3n) is 2.41. The molecule has 0 saturated carbocycles. The molecule has 1 aromatic carbocycles. The number of benzene rings is 1. The van der Waals surface area contributed by atoms with Crippen LogP contribution in [0, 0.1) is 0 Å². The molecule has 1 unspecified atom stereocenters. The minimum absolute atomic E-state index is 0.0963. The summed E-state index contributed by atoms with van der Waals surface area (Å²) in [6, 6.07) is 7.38. The Labute approximate surface area is 81.9 Å². The highest BCUT2D eigenvalue weighted by molar-refractivity contribution is 5.87. The zero-order valence-electron chi connectivity index (χ0n) is 7.68. The maximum atomic E-state index is 10.9. The number of carboxylic acid groups (broad SMARTS) is 1. The molecule has 0 aliphatic carbocycles. The van der Waals surface area contributed by atoms with Crippen LogP contribution in [-0.2, 0) is 6.42 Å². The van der Waals surface area contributed by atoms with Crippen molar-refractivity contribution in [3.05, 3.63) is 29.8 Å². The van der Waals surface area contributed by atoms with Crippen molar-refractivity contribution < 1.29 is 9.90 Å². The number of amides is 1. The van der Waals surface area contributed by atoms with Crippen LogP contribution in [-0.4, -0.2) is 23.8 Å². The molecule has 2 rings (SSSR count). The van der Waals surface area contributed by atoms with Crippen LogP contribution in [0.25, 0.3) is 0 Å². The lowest BCUT2D eigenvalue weighted by atomic mass is 9.99. The van der Waals surface area contributed by atoms with Gasteiger partial charge < -0.3 is 10.8 Å². The first-order valence-corrected chi connectivity index (χ1v) is 4.52. The lowest BCUT2D eigenvalue weighted by Crippen LogP contribution is -2.45. The van der Waals surface area contributed by atoms with Gasteiger partial charge in [0.05, 0.1) is 5.69 Å². The van der Waals surface area contributed by atoms with Crippen molar-refractivity contribution >= 4 is 11.8 Å². The van der Waals surface area contributed by atoms with E-state index in [1.165, 1.54) is 4.90 Å². The molecule has 0 saturated heterocycles. The highest BCUT2D eigenvalue weighted by Gasteiger charge is 2.25. The molecule has 0 fully saturated rings. The van der Waals surface area contributed by atoms with E-state index in [0.717, 1.165) is 17.7 Å². The molecule has 14 heavy (non-hydrogen) atoms. The van der Waals surface area contributed by atoms with Crippen LogP contribution in [0.2, 0.25) is 0 Å². The van der Waals surface area contributed by atoms with E-state index < -0.39 is 6.09 Å². The summed E-state index contributed by atoms with van der Waals surface area (Å²) in [6.07, 6.45) is -0.187. The molecule has 0 aromatic heterocycles. The quantitative estimate of drug-likeness (QED) is 0.645. The van der Waals surface area contributed by atoms with Crippen molar-refractivity contribution in [1.82, 2.24) is 0 Å². The van der Waals surface area contributed by atoms with Gasteiger partial charge in [-0.1, -0.05) is 18.2 Å². The molecule has 4 nitrogen and oxygen atoms in total. The van der Waals surface area contributed by atoms with E-state index in [2.05, 4.69) is 0 Å². The third kappa shape index (κ3) is 1.44. The fourth-order valence-corrected chi connectivity index (χ4v) is 1.81. The monoisotopic (exact) mass is 192 g/mol. The Bertz CT molecular complexity index is 365. The van der Waals surface area contributed by atoms with Gasteiger partial charge in [0.15, 0.2) is 0 Å². The van der Waals surface area contributed by atoms with E-state index in [4.69, 9.17) is 10.8 Å². The first-order valence-electron chi connectivity index (χ1n) is 4.52. The molecule has 74 valence electrons. The Morgan fingerprint density at radius 1 is 1.50 bits per heavy atom. The zero-order chi connectivity index (χ0) is 10.1. The van der Waals surface area contributed by atoms with Crippen molar-refractivity contribution in [2.45, 2.75) is 12.5 Å². The van der Waals surface area contributed by atoms with Gasteiger partial charge in [-0.05, 0) is 18.1 Å². The number of hydrogen-bond donors (Lipinski definition) is 2. The van der Waals surface area contributed by atoms with Gasteiger partial charge in [0.1, 0.15) is 0 Å². The van der Waals surface area contributed by atoms with E-state index in [9.17, 15) is 4.79 Å². The van der Waals surface area contributed by atoms with Crippen LogP contribution >= 0.6 is 0 Å². The zero-order valence-corrected chi connectivity index (χ0v) is 7.68. The number of para-hydroxylation sites is 1. The molecule has 0 spiro atoms. The molecule has 3 N–H and O–H groups in total. The van der Waals surface area contributed by atoms with Gasteiger partial charge in [-0.3, -0.25) is 4.90 Å². The van der Waals surface area contributed by atoms with Crippen molar-refractivity contribution in [2.24, 2.45) is 5.73 Å². The molecule has 0 radical (unpaired) electrons. The summed E-state index contributed by atoms with van der Waals surface area (Å²) in [5, 5.41) is 8.97. The number of carbonyl (C=O) groups is 1. The second kappa shape index (κ2) is 3.31. The lowest BCUT2D eigenvalue weighted by Gasteiger charge is -2.30. The Morgan fingerprint density at radius 3 is 2.93 bits per heavy atom. The maximum Gasteiger partial charge on any atom is 0.411 e. The first-order chi connectivity index (χ1) is 6.68. The largest absolute Gasteiger partial charge is 0.465 e. The van der Waals surface area contributed by atoms with E-state index in [0.29, 0.717) is 6.54 Å². The summed E-state index contributed by atoms with van der Waals surface area (Å²) in [7, 11) is 0. The molecule has 1 aliphatic rings. The van der Waals surface area contributed by atoms with Gasteiger partial charge in [0, 0.05) is 12.6 Å². The normalized spacial score (nSPS) is 20.4. The maximum absolute atomic E-state index is 10.9. The lowest BCUT2D eigenvalue weighted by molar-refractivity contribution is 0.200. The standard InChI is InChI=1S/C10H12N2O2/c11-8-5-7-3-1-2-4-9(7)12(6-8)10(13)14/h1-4,8H,5-6,11H2,(H,13,14). The molecule has 1 aliphatic heterocycles. The van der Waals surface area contributed by atoms with Crippen molar-refractivity contribution in [3.63, 3.8) is 0 Å². The number of nitrogens with zero attached hydrogens (tertiary/aromatic N) is 1. The summed E-state index contributed by atoms with van der Waals surface area (Å²) >= 11 is 0. The second-order valence-corrected chi connectivity index (χ2v) is 3.49. The highest BCUT2D eigenvalue weighted by atomic mass is 16.4. The fraction of sp³-hybridized carbons (Fsp3) is 0.300. The molecular formula is C10H12N2O2. The predicted molar refractivity (Wildman–Crippen MR) is 53.5 cm³/mol. The van der Waals surface area contributed by atoms with Gasteiger partial charge in [-0.2, -0.15) is 0 Å². The molecule has 1 heterocycles. The molecule has 4 heteroatoms. The molecule has 1 atom stereocenters. The highest BCUT2D eigenvalue weighted by Crippen LogP contribution is 2.25. The first kappa shape index (κ1) is 9.02. The Balaban J connectivity index is 2.43. The fourth-order valence-electron chi connectivity index (χ4n) is 1.81. The van der Waals surface area contributed by atoms with Crippen LogP contribution in [0.15, 0.2) is 24.3 Å². The summed E-state index contributed by atoms with van der Waals surface area (Å²) in [4.78, 5) is 12.2. The average Bonchev–Trinajstić information content (AvgIpc) is 2.16. The Hall–Kier alpha value is -1.55. The van der Waals surface area contributed by atoms with E-state index in [1.54, 1.807) is 0 Å². The van der Waals surface area contributed by atoms with E-state index >= 15 is 0 Å². The van der Waals surface area contributed by atoms with Gasteiger partial charge >= 0.3 is 6.09 Å². The van der Waals surface area contributed by atoms with Crippen LogP contribution in [0.5, 0.6) is 0 Å². The van der Waals surface area contributed by atoms with Gasteiger partial charge in [0.2, 0.25) is 0 Å². The number of hydrogen-bond acceptors (Lipinski definition) is 2. The number of nitrogens with two attached hydrogens (primary N) is 1. The van der Waals surface area contributed by atoms with Crippen LogP contribution in [0.1, 0.15) is 5.56 Å². The van der Waals surface area contributed by atoms with E-state index in [1.807, 2.05) is 24.3 Å². The summed E-state index contributed by atoms with van der Waals surface area (Å²) in [5.41, 5.74) is 7.55. The summed E-state index contributed by atoms with van der Waals surface area (Å²) in [5.74, 6) is 0. The van der Waals surface area contributed by atoms with Crippen LogP contribution in [0.3, 0.4) is 0 Å². The van der Waals surface area contributed by atoms with Gasteiger partial charge in [-0.15, -0.1) is 0 Å². The van der Waals surface area contributed by atoms with Crippen molar-refractivity contribution in [2.75, 3.05) is 11.4 Å². The topological polar surface area (TPSA) is 66.6 Å². The number of anilines is 1. The smallest absolute Gasteiger partial charge is 0.411 e. The van der Waals surface area contributed by atoms with Crippen molar-refractivity contribution in [3.8, 4) is 0 Å².